The van der Waals surface area contributed by atoms with Gasteiger partial charge in [0.05, 0.1) is 17.7 Å². The predicted octanol–water partition coefficient (Wildman–Crippen LogP) is 0.728. The van der Waals surface area contributed by atoms with Gasteiger partial charge in [-0.05, 0) is 18.2 Å². The number of hydrogen-bond donors (Lipinski definition) is 3. The maximum Gasteiger partial charge on any atom is 0.303 e. The number of carboxylic acid groups (broad SMARTS) is 1. The summed E-state index contributed by atoms with van der Waals surface area (Å²) in [5.41, 5.74) is 4.94. The molecule has 0 aliphatic carbocycles. The Kier molecular flexibility index (Phi) is 4.36. The molecule has 1 rings (SSSR count). The Morgan fingerprint density at radius 2 is 1.94 bits per heavy atom. The number of carbonyl (C=O) groups is 3. The van der Waals surface area contributed by atoms with Crippen molar-refractivity contribution in [1.82, 2.24) is 0 Å². The summed E-state index contributed by atoms with van der Waals surface area (Å²) in [7, 11) is 0. The predicted molar refractivity (Wildman–Crippen MR) is 60.4 cm³/mol. The van der Waals surface area contributed by atoms with E-state index in [-0.39, 0.29) is 24.1 Å². The van der Waals surface area contributed by atoms with Crippen molar-refractivity contribution in [3.05, 3.63) is 29.6 Å². The van der Waals surface area contributed by atoms with Gasteiger partial charge in [0.25, 0.3) is 5.91 Å². The molecule has 2 amide bonds. The molecule has 4 N–H and O–H groups in total. The second-order valence-corrected chi connectivity index (χ2v) is 3.50. The Morgan fingerprint density at radius 3 is 2.50 bits per heavy atom. The Balaban J connectivity index is 2.82. The van der Waals surface area contributed by atoms with Gasteiger partial charge in [-0.25, -0.2) is 4.39 Å². The summed E-state index contributed by atoms with van der Waals surface area (Å²) in [4.78, 5) is 32.7. The molecule has 0 aliphatic rings. The lowest BCUT2D eigenvalue weighted by atomic mass is 10.1. The molecule has 6 nitrogen and oxygen atoms in total. The minimum Gasteiger partial charge on any atom is -0.481 e. The third kappa shape index (κ3) is 3.85. The van der Waals surface area contributed by atoms with Crippen LogP contribution >= 0.6 is 0 Å². The highest BCUT2D eigenvalue weighted by Crippen LogP contribution is 2.17. The number of nitrogens with one attached hydrogen (secondary N) is 1. The lowest BCUT2D eigenvalue weighted by molar-refractivity contribution is -0.138. The zero-order valence-electron chi connectivity index (χ0n) is 9.27. The first kappa shape index (κ1) is 13.6. The first-order chi connectivity index (χ1) is 8.40. The van der Waals surface area contributed by atoms with E-state index in [9.17, 15) is 18.8 Å². The fourth-order valence-electron chi connectivity index (χ4n) is 1.27. The zero-order chi connectivity index (χ0) is 13.7. The lowest BCUT2D eigenvalue weighted by Crippen LogP contribution is -2.19. The molecule has 0 bridgehead atoms. The molecule has 0 saturated carbocycles. The fraction of sp³-hybridized carbons (Fsp3) is 0.182. The number of anilines is 1. The number of rotatable bonds is 5. The number of amides is 2. The minimum absolute atomic E-state index is 0.0416. The van der Waals surface area contributed by atoms with Gasteiger partial charge in [-0.1, -0.05) is 0 Å². The number of halogens is 1. The van der Waals surface area contributed by atoms with Crippen molar-refractivity contribution in [2.75, 3.05) is 5.32 Å². The number of benzene rings is 1. The first-order valence-electron chi connectivity index (χ1n) is 5.01. The maximum atomic E-state index is 13.0. The third-order valence-electron chi connectivity index (χ3n) is 2.09. The minimum atomic E-state index is -1.13. The monoisotopic (exact) mass is 254 g/mol. The quantitative estimate of drug-likeness (QED) is 0.719. The van der Waals surface area contributed by atoms with Gasteiger partial charge in [0, 0.05) is 6.42 Å². The Morgan fingerprint density at radius 1 is 1.28 bits per heavy atom. The van der Waals surface area contributed by atoms with E-state index in [0.717, 1.165) is 18.2 Å². The molecule has 1 aromatic carbocycles. The summed E-state index contributed by atoms with van der Waals surface area (Å²) in [6.45, 7) is 0. The van der Waals surface area contributed by atoms with E-state index in [1.54, 1.807) is 0 Å². The summed E-state index contributed by atoms with van der Waals surface area (Å²) >= 11 is 0. The Hall–Kier alpha value is -2.44. The van der Waals surface area contributed by atoms with Gasteiger partial charge in [-0.15, -0.1) is 0 Å². The highest BCUT2D eigenvalue weighted by atomic mass is 19.1. The molecule has 96 valence electrons. The molecule has 1 aromatic rings. The number of aliphatic carboxylic acids is 1. The van der Waals surface area contributed by atoms with Crippen molar-refractivity contribution in [3.8, 4) is 0 Å². The van der Waals surface area contributed by atoms with E-state index >= 15 is 0 Å². The van der Waals surface area contributed by atoms with Crippen molar-refractivity contribution in [1.29, 1.82) is 0 Å². The SMILES string of the molecule is NC(=O)c1ccc(F)cc1NC(=O)CCC(=O)O. The van der Waals surface area contributed by atoms with E-state index < -0.39 is 23.6 Å². The van der Waals surface area contributed by atoms with Gasteiger partial charge in [0.2, 0.25) is 5.91 Å². The molecule has 0 radical (unpaired) electrons. The number of nitrogens with two attached hydrogens (primary N) is 1. The standard InChI is InChI=1S/C11H11FN2O4/c12-6-1-2-7(11(13)18)8(5-6)14-9(15)3-4-10(16)17/h1-2,5H,3-4H2,(H2,13,18)(H,14,15)(H,16,17). The fourth-order valence-corrected chi connectivity index (χ4v) is 1.27. The number of hydrogen-bond acceptors (Lipinski definition) is 3. The van der Waals surface area contributed by atoms with Gasteiger partial charge in [0.15, 0.2) is 0 Å². The van der Waals surface area contributed by atoms with Crippen LogP contribution in [0.25, 0.3) is 0 Å². The average Bonchev–Trinajstić information content (AvgIpc) is 2.26. The van der Waals surface area contributed by atoms with Crippen LogP contribution in [0.4, 0.5) is 10.1 Å². The molecule has 0 aliphatic heterocycles. The van der Waals surface area contributed by atoms with Crippen LogP contribution in [0.5, 0.6) is 0 Å². The van der Waals surface area contributed by atoms with Crippen LogP contribution in [0.1, 0.15) is 23.2 Å². The van der Waals surface area contributed by atoms with E-state index in [2.05, 4.69) is 5.32 Å². The van der Waals surface area contributed by atoms with Gasteiger partial charge < -0.3 is 16.2 Å². The second kappa shape index (κ2) is 5.76. The van der Waals surface area contributed by atoms with Gasteiger partial charge in [0.1, 0.15) is 5.82 Å². The summed E-state index contributed by atoms with van der Waals surface area (Å²) in [6.07, 6.45) is -0.628. The highest BCUT2D eigenvalue weighted by Gasteiger charge is 2.12. The summed E-state index contributed by atoms with van der Waals surface area (Å²) in [5, 5.41) is 10.6. The van der Waals surface area contributed by atoms with Crippen LogP contribution in [0, 0.1) is 5.82 Å². The highest BCUT2D eigenvalue weighted by molar-refractivity contribution is 6.03. The van der Waals surface area contributed by atoms with Crippen molar-refractivity contribution < 1.29 is 23.9 Å². The Bertz CT molecular complexity index is 502. The molecular formula is C11H11FN2O4. The van der Waals surface area contributed by atoms with Crippen LogP contribution in [0.15, 0.2) is 18.2 Å². The first-order valence-corrected chi connectivity index (χ1v) is 5.01. The topological polar surface area (TPSA) is 109 Å². The van der Waals surface area contributed by atoms with Crippen LogP contribution < -0.4 is 11.1 Å². The maximum absolute atomic E-state index is 13.0. The second-order valence-electron chi connectivity index (χ2n) is 3.50. The molecule has 0 unspecified atom stereocenters. The molecule has 0 aromatic heterocycles. The van der Waals surface area contributed by atoms with Crippen LogP contribution in [-0.4, -0.2) is 22.9 Å². The van der Waals surface area contributed by atoms with E-state index in [1.165, 1.54) is 0 Å². The van der Waals surface area contributed by atoms with Gasteiger partial charge in [-0.2, -0.15) is 0 Å². The molecule has 18 heavy (non-hydrogen) atoms. The van der Waals surface area contributed by atoms with Crippen molar-refractivity contribution >= 4 is 23.5 Å². The zero-order valence-corrected chi connectivity index (χ0v) is 9.27. The van der Waals surface area contributed by atoms with Crippen molar-refractivity contribution in [2.24, 2.45) is 5.73 Å². The molecule has 0 atom stereocenters. The van der Waals surface area contributed by atoms with Gasteiger partial charge in [-0.3, -0.25) is 14.4 Å². The normalized spacial score (nSPS) is 9.83. The van der Waals surface area contributed by atoms with Crippen molar-refractivity contribution in [3.63, 3.8) is 0 Å². The van der Waals surface area contributed by atoms with Crippen LogP contribution in [0.3, 0.4) is 0 Å². The molecule has 0 saturated heterocycles. The average molecular weight is 254 g/mol. The summed E-state index contributed by atoms with van der Waals surface area (Å²) in [5.74, 6) is -3.22. The van der Waals surface area contributed by atoms with E-state index in [1.807, 2.05) is 0 Å². The third-order valence-corrected chi connectivity index (χ3v) is 2.09. The lowest BCUT2D eigenvalue weighted by Gasteiger charge is -2.08. The molecule has 0 spiro atoms. The van der Waals surface area contributed by atoms with Gasteiger partial charge >= 0.3 is 5.97 Å². The molecule has 0 heterocycles. The molecule has 0 fully saturated rings. The number of carboxylic acids is 1. The smallest absolute Gasteiger partial charge is 0.303 e. The number of carbonyl (C=O) groups excluding carboxylic acids is 2. The molecular weight excluding hydrogens is 243 g/mol. The Labute approximate surface area is 102 Å². The van der Waals surface area contributed by atoms with Crippen LogP contribution in [-0.2, 0) is 9.59 Å². The molecule has 7 heteroatoms. The number of primary amides is 1. The van der Waals surface area contributed by atoms with Crippen LogP contribution in [0.2, 0.25) is 0 Å². The van der Waals surface area contributed by atoms with E-state index in [0.29, 0.717) is 0 Å². The van der Waals surface area contributed by atoms with Crippen molar-refractivity contribution in [2.45, 2.75) is 12.8 Å². The summed E-state index contributed by atoms with van der Waals surface area (Å²) in [6, 6.07) is 3.12. The largest absolute Gasteiger partial charge is 0.481 e. The van der Waals surface area contributed by atoms with E-state index in [4.69, 9.17) is 10.8 Å². The summed E-state index contributed by atoms with van der Waals surface area (Å²) < 4.78 is 13.0.